The predicted octanol–water partition coefficient (Wildman–Crippen LogP) is 9.51. The van der Waals surface area contributed by atoms with Crippen LogP contribution in [0.25, 0.3) is 11.1 Å². The van der Waals surface area contributed by atoms with Crippen molar-refractivity contribution in [2.45, 2.75) is 104 Å². The first kappa shape index (κ1) is 23.4. The zero-order valence-electron chi connectivity index (χ0n) is 19.9. The minimum atomic E-state index is 0.350. The van der Waals surface area contributed by atoms with Crippen molar-refractivity contribution in [3.63, 3.8) is 0 Å². The van der Waals surface area contributed by atoms with E-state index in [0.29, 0.717) is 23.9 Å². The Hall–Kier alpha value is -1.28. The highest BCUT2D eigenvalue weighted by Crippen LogP contribution is 2.46. The van der Waals surface area contributed by atoms with Crippen molar-refractivity contribution in [2.24, 2.45) is 0 Å². The molecule has 1 nitrogen and oxygen atoms in total. The molecule has 30 heavy (non-hydrogen) atoms. The van der Waals surface area contributed by atoms with Crippen LogP contribution in [0.4, 0.5) is 0 Å². The van der Waals surface area contributed by atoms with Crippen molar-refractivity contribution in [3.8, 4) is 16.9 Å². The van der Waals surface area contributed by atoms with Gasteiger partial charge in [-0.05, 0) is 100 Å². The third-order valence-corrected chi connectivity index (χ3v) is 7.33. The van der Waals surface area contributed by atoms with Gasteiger partial charge < -0.3 is 4.74 Å². The van der Waals surface area contributed by atoms with Crippen molar-refractivity contribution in [2.75, 3.05) is 0 Å². The van der Waals surface area contributed by atoms with E-state index in [0.717, 1.165) is 10.2 Å². The van der Waals surface area contributed by atoms with Gasteiger partial charge in [0.2, 0.25) is 0 Å². The summed E-state index contributed by atoms with van der Waals surface area (Å²) in [5.41, 5.74) is 8.36. The molecule has 2 heteroatoms. The Bertz CT molecular complexity index is 843. The quantitative estimate of drug-likeness (QED) is 0.408. The fraction of sp³-hybridized carbons (Fsp3) is 0.571. The number of aryl methyl sites for hydroxylation is 1. The Balaban J connectivity index is 2.19. The molecule has 1 fully saturated rings. The van der Waals surface area contributed by atoms with Crippen molar-refractivity contribution < 1.29 is 4.74 Å². The normalized spacial score (nSPS) is 15.4. The summed E-state index contributed by atoms with van der Waals surface area (Å²) in [5, 5.41) is 0. The summed E-state index contributed by atoms with van der Waals surface area (Å²) in [6.45, 7) is 16.1. The van der Waals surface area contributed by atoms with E-state index in [1.807, 2.05) is 0 Å². The molecule has 0 aliphatic heterocycles. The molecule has 0 spiro atoms. The predicted molar refractivity (Wildman–Crippen MR) is 134 cm³/mol. The summed E-state index contributed by atoms with van der Waals surface area (Å²) in [6.07, 6.45) is 6.61. The van der Waals surface area contributed by atoms with Crippen LogP contribution in [0.5, 0.6) is 5.75 Å². The van der Waals surface area contributed by atoms with Gasteiger partial charge in [0.1, 0.15) is 5.75 Å². The van der Waals surface area contributed by atoms with Gasteiger partial charge in [-0.2, -0.15) is 0 Å². The fourth-order valence-electron chi connectivity index (χ4n) is 4.66. The van der Waals surface area contributed by atoms with Crippen LogP contribution in [-0.2, 0) is 0 Å². The Labute approximate surface area is 192 Å². The standard InChI is InChI=1S/C28H39BrO/c1-17(2)21-15-23(18(3)4)27(24(16-21)19(5)6)26-20(7)13-14-25(28(26)29)30-22-11-9-8-10-12-22/h13-19,22H,8-12H2,1-7H3. The Morgan fingerprint density at radius 2 is 1.37 bits per heavy atom. The molecular formula is C28H39BrO. The van der Waals surface area contributed by atoms with Crippen molar-refractivity contribution in [1.29, 1.82) is 0 Å². The van der Waals surface area contributed by atoms with Crippen LogP contribution in [-0.4, -0.2) is 6.10 Å². The third-order valence-electron chi connectivity index (χ3n) is 6.54. The van der Waals surface area contributed by atoms with Crippen molar-refractivity contribution in [1.82, 2.24) is 0 Å². The average Bonchev–Trinajstić information content (AvgIpc) is 2.70. The van der Waals surface area contributed by atoms with Crippen LogP contribution in [0, 0.1) is 6.92 Å². The molecule has 0 saturated heterocycles. The molecule has 0 heterocycles. The fourth-order valence-corrected chi connectivity index (χ4v) is 5.40. The Morgan fingerprint density at radius 1 is 0.800 bits per heavy atom. The highest BCUT2D eigenvalue weighted by Gasteiger charge is 2.24. The van der Waals surface area contributed by atoms with Gasteiger partial charge in [-0.15, -0.1) is 0 Å². The average molecular weight is 472 g/mol. The summed E-state index contributed by atoms with van der Waals surface area (Å²) in [5.74, 6) is 2.45. The van der Waals surface area contributed by atoms with E-state index in [1.165, 1.54) is 65.5 Å². The van der Waals surface area contributed by atoms with E-state index in [4.69, 9.17) is 4.74 Å². The van der Waals surface area contributed by atoms with Crippen LogP contribution in [0.3, 0.4) is 0 Å². The molecule has 1 saturated carbocycles. The monoisotopic (exact) mass is 470 g/mol. The molecule has 0 aromatic heterocycles. The first-order chi connectivity index (χ1) is 14.2. The second kappa shape index (κ2) is 9.90. The maximum atomic E-state index is 6.52. The molecule has 1 aliphatic carbocycles. The molecule has 0 N–H and O–H groups in total. The molecule has 0 bridgehead atoms. The lowest BCUT2D eigenvalue weighted by Gasteiger charge is -2.27. The van der Waals surface area contributed by atoms with Gasteiger partial charge in [-0.25, -0.2) is 0 Å². The highest BCUT2D eigenvalue weighted by atomic mass is 79.9. The van der Waals surface area contributed by atoms with Crippen LogP contribution >= 0.6 is 15.9 Å². The molecule has 3 rings (SSSR count). The second-order valence-corrected chi connectivity index (χ2v) is 10.8. The highest BCUT2D eigenvalue weighted by molar-refractivity contribution is 9.10. The van der Waals surface area contributed by atoms with Gasteiger partial charge in [0.15, 0.2) is 0 Å². The van der Waals surface area contributed by atoms with E-state index in [2.05, 4.69) is 88.7 Å². The summed E-state index contributed by atoms with van der Waals surface area (Å²) in [6, 6.07) is 9.28. The lowest BCUT2D eigenvalue weighted by Crippen LogP contribution is -2.20. The van der Waals surface area contributed by atoms with Gasteiger partial charge in [0, 0.05) is 5.56 Å². The van der Waals surface area contributed by atoms with Gasteiger partial charge in [-0.1, -0.05) is 66.2 Å². The van der Waals surface area contributed by atoms with Crippen LogP contribution in [0.2, 0.25) is 0 Å². The Morgan fingerprint density at radius 3 is 1.87 bits per heavy atom. The third kappa shape index (κ3) is 4.96. The maximum Gasteiger partial charge on any atom is 0.134 e. The minimum absolute atomic E-state index is 0.350. The zero-order chi connectivity index (χ0) is 22.0. The molecule has 0 unspecified atom stereocenters. The van der Waals surface area contributed by atoms with Gasteiger partial charge in [0.05, 0.1) is 10.6 Å². The van der Waals surface area contributed by atoms with E-state index in [1.54, 1.807) is 0 Å². The number of benzene rings is 2. The number of halogens is 1. The number of ether oxygens (including phenoxy) is 1. The van der Waals surface area contributed by atoms with Crippen LogP contribution < -0.4 is 4.74 Å². The number of hydrogen-bond donors (Lipinski definition) is 0. The molecule has 2 aromatic rings. The summed E-state index contributed by atoms with van der Waals surface area (Å²) >= 11 is 3.98. The molecule has 164 valence electrons. The van der Waals surface area contributed by atoms with E-state index in [9.17, 15) is 0 Å². The second-order valence-electron chi connectivity index (χ2n) is 9.99. The number of rotatable bonds is 6. The smallest absolute Gasteiger partial charge is 0.134 e. The van der Waals surface area contributed by atoms with Crippen molar-refractivity contribution in [3.05, 3.63) is 51.0 Å². The molecule has 0 radical (unpaired) electrons. The van der Waals surface area contributed by atoms with Gasteiger partial charge in [-0.3, -0.25) is 0 Å². The lowest BCUT2D eigenvalue weighted by molar-refractivity contribution is 0.154. The zero-order valence-corrected chi connectivity index (χ0v) is 21.5. The summed E-state index contributed by atoms with van der Waals surface area (Å²) in [7, 11) is 0. The van der Waals surface area contributed by atoms with Crippen LogP contribution in [0.1, 0.15) is 114 Å². The topological polar surface area (TPSA) is 9.23 Å². The summed E-state index contributed by atoms with van der Waals surface area (Å²) in [4.78, 5) is 0. The largest absolute Gasteiger partial charge is 0.489 e. The van der Waals surface area contributed by atoms with E-state index < -0.39 is 0 Å². The lowest BCUT2D eigenvalue weighted by atomic mass is 9.80. The molecule has 2 aromatic carbocycles. The van der Waals surface area contributed by atoms with Crippen molar-refractivity contribution >= 4 is 15.9 Å². The summed E-state index contributed by atoms with van der Waals surface area (Å²) < 4.78 is 7.64. The molecular weight excluding hydrogens is 432 g/mol. The van der Waals surface area contributed by atoms with Gasteiger partial charge >= 0.3 is 0 Å². The minimum Gasteiger partial charge on any atom is -0.489 e. The maximum absolute atomic E-state index is 6.52. The molecule has 0 atom stereocenters. The Kier molecular flexibility index (Phi) is 7.71. The van der Waals surface area contributed by atoms with E-state index in [-0.39, 0.29) is 0 Å². The first-order valence-corrected chi connectivity index (χ1v) is 12.6. The SMILES string of the molecule is Cc1ccc(OC2CCCCC2)c(Br)c1-c1c(C(C)C)cc(C(C)C)cc1C(C)C. The molecule has 0 amide bonds. The van der Waals surface area contributed by atoms with E-state index >= 15 is 0 Å². The van der Waals surface area contributed by atoms with Crippen LogP contribution in [0.15, 0.2) is 28.7 Å². The molecule has 1 aliphatic rings. The van der Waals surface area contributed by atoms with Gasteiger partial charge in [0.25, 0.3) is 0 Å². The first-order valence-electron chi connectivity index (χ1n) is 11.8. The number of hydrogen-bond acceptors (Lipinski definition) is 1.